The quantitative estimate of drug-likeness (QED) is 0.891. The fraction of sp³-hybridized carbons (Fsp3) is 0.316. The third-order valence-electron chi connectivity index (χ3n) is 4.40. The van der Waals surface area contributed by atoms with Crippen molar-refractivity contribution in [1.29, 1.82) is 0 Å². The normalized spacial score (nSPS) is 20.2. The van der Waals surface area contributed by atoms with Crippen LogP contribution in [0.1, 0.15) is 17.0 Å². The minimum atomic E-state index is -0.0351. The summed E-state index contributed by atoms with van der Waals surface area (Å²) in [6.45, 7) is 2.12. The molecule has 0 radical (unpaired) electrons. The molecule has 1 amide bonds. The summed E-state index contributed by atoms with van der Waals surface area (Å²) in [6.07, 6.45) is 0. The number of carbonyl (C=O) groups is 1. The van der Waals surface area contributed by atoms with E-state index in [2.05, 4.69) is 10.6 Å². The molecule has 1 aliphatic rings. The minimum absolute atomic E-state index is 0.0351. The van der Waals surface area contributed by atoms with Crippen LogP contribution in [-0.4, -0.2) is 26.1 Å². The Morgan fingerprint density at radius 2 is 1.87 bits per heavy atom. The summed E-state index contributed by atoms with van der Waals surface area (Å²) in [7, 11) is 1.66. The van der Waals surface area contributed by atoms with Crippen molar-refractivity contribution in [2.24, 2.45) is 5.92 Å². The van der Waals surface area contributed by atoms with E-state index >= 15 is 0 Å². The second-order valence-corrected chi connectivity index (χ2v) is 5.85. The van der Waals surface area contributed by atoms with E-state index in [9.17, 15) is 4.79 Å². The molecule has 2 aromatic rings. The van der Waals surface area contributed by atoms with Gasteiger partial charge >= 0.3 is 0 Å². The summed E-state index contributed by atoms with van der Waals surface area (Å²) >= 11 is 0. The van der Waals surface area contributed by atoms with Crippen molar-refractivity contribution in [3.8, 4) is 5.75 Å². The van der Waals surface area contributed by atoms with Crippen LogP contribution in [0.5, 0.6) is 5.75 Å². The molecule has 0 aliphatic carbocycles. The molecule has 120 valence electrons. The number of ether oxygens (including phenoxy) is 1. The van der Waals surface area contributed by atoms with Crippen molar-refractivity contribution < 1.29 is 9.53 Å². The van der Waals surface area contributed by atoms with Crippen molar-refractivity contribution in [2.45, 2.75) is 12.5 Å². The topological polar surface area (TPSA) is 50.4 Å². The van der Waals surface area contributed by atoms with Crippen LogP contribution in [-0.2, 0) is 11.3 Å². The summed E-state index contributed by atoms with van der Waals surface area (Å²) in [5, 5.41) is 6.40. The van der Waals surface area contributed by atoms with Gasteiger partial charge in [-0.15, -0.1) is 0 Å². The highest BCUT2D eigenvalue weighted by Crippen LogP contribution is 2.29. The number of hydrogen-bond acceptors (Lipinski definition) is 3. The van der Waals surface area contributed by atoms with E-state index in [-0.39, 0.29) is 17.7 Å². The molecule has 2 aromatic carbocycles. The number of hydrogen-bond donors (Lipinski definition) is 2. The predicted molar refractivity (Wildman–Crippen MR) is 90.4 cm³/mol. The van der Waals surface area contributed by atoms with Crippen LogP contribution in [0.25, 0.3) is 0 Å². The lowest BCUT2D eigenvalue weighted by Crippen LogP contribution is -2.34. The highest BCUT2D eigenvalue weighted by Gasteiger charge is 2.33. The van der Waals surface area contributed by atoms with Gasteiger partial charge in [0.15, 0.2) is 0 Å². The molecule has 4 nitrogen and oxygen atoms in total. The molecule has 1 heterocycles. The molecular formula is C19H22N2O2. The van der Waals surface area contributed by atoms with E-state index in [0.29, 0.717) is 6.54 Å². The Balaban J connectivity index is 1.64. The van der Waals surface area contributed by atoms with Gasteiger partial charge in [-0.1, -0.05) is 42.5 Å². The SMILES string of the molecule is COc1ccc(C2CNCC2C(=O)NCc2ccccc2)cc1. The number of methoxy groups -OCH3 is 1. The fourth-order valence-corrected chi connectivity index (χ4v) is 3.07. The molecule has 1 aliphatic heterocycles. The first-order chi connectivity index (χ1) is 11.3. The lowest BCUT2D eigenvalue weighted by Gasteiger charge is -2.19. The molecule has 1 saturated heterocycles. The van der Waals surface area contributed by atoms with Gasteiger partial charge in [-0.3, -0.25) is 4.79 Å². The molecule has 3 rings (SSSR count). The third kappa shape index (κ3) is 3.71. The first-order valence-electron chi connectivity index (χ1n) is 7.94. The average Bonchev–Trinajstić information content (AvgIpc) is 3.10. The zero-order valence-electron chi connectivity index (χ0n) is 13.3. The molecule has 2 atom stereocenters. The number of rotatable bonds is 5. The summed E-state index contributed by atoms with van der Waals surface area (Å²) in [6, 6.07) is 18.0. The van der Waals surface area contributed by atoms with Gasteiger partial charge < -0.3 is 15.4 Å². The van der Waals surface area contributed by atoms with Gasteiger partial charge in [-0.05, 0) is 23.3 Å². The Labute approximate surface area is 136 Å². The molecule has 0 bridgehead atoms. The second kappa shape index (κ2) is 7.29. The van der Waals surface area contributed by atoms with E-state index in [1.807, 2.05) is 54.6 Å². The molecule has 2 N–H and O–H groups in total. The van der Waals surface area contributed by atoms with Gasteiger partial charge in [0.2, 0.25) is 5.91 Å². The Kier molecular flexibility index (Phi) is 4.93. The van der Waals surface area contributed by atoms with Gasteiger partial charge in [-0.2, -0.15) is 0 Å². The van der Waals surface area contributed by atoms with Crippen LogP contribution in [0.3, 0.4) is 0 Å². The molecule has 23 heavy (non-hydrogen) atoms. The van der Waals surface area contributed by atoms with Crippen molar-refractivity contribution in [3.05, 3.63) is 65.7 Å². The minimum Gasteiger partial charge on any atom is -0.497 e. The van der Waals surface area contributed by atoms with Crippen LogP contribution in [0.15, 0.2) is 54.6 Å². The average molecular weight is 310 g/mol. The number of amides is 1. The van der Waals surface area contributed by atoms with Gasteiger partial charge in [0.05, 0.1) is 13.0 Å². The lowest BCUT2D eigenvalue weighted by atomic mass is 9.88. The Bertz CT molecular complexity index is 640. The number of benzene rings is 2. The monoisotopic (exact) mass is 310 g/mol. The van der Waals surface area contributed by atoms with E-state index in [4.69, 9.17) is 4.74 Å². The van der Waals surface area contributed by atoms with E-state index in [1.54, 1.807) is 7.11 Å². The number of carbonyl (C=O) groups excluding carboxylic acids is 1. The first kappa shape index (κ1) is 15.6. The summed E-state index contributed by atoms with van der Waals surface area (Å²) in [5.74, 6) is 1.12. The lowest BCUT2D eigenvalue weighted by molar-refractivity contribution is -0.125. The molecule has 0 spiro atoms. The fourth-order valence-electron chi connectivity index (χ4n) is 3.07. The maximum Gasteiger partial charge on any atom is 0.225 e. The standard InChI is InChI=1S/C19H22N2O2/c1-23-16-9-7-15(8-10-16)17-12-20-13-18(17)19(22)21-11-14-5-3-2-4-6-14/h2-10,17-18,20H,11-13H2,1H3,(H,21,22). The predicted octanol–water partition coefficient (Wildman–Crippen LogP) is 2.31. The van der Waals surface area contributed by atoms with Crippen LogP contribution < -0.4 is 15.4 Å². The van der Waals surface area contributed by atoms with Gasteiger partial charge in [0, 0.05) is 25.6 Å². The largest absolute Gasteiger partial charge is 0.497 e. The van der Waals surface area contributed by atoms with Gasteiger partial charge in [-0.25, -0.2) is 0 Å². The van der Waals surface area contributed by atoms with E-state index < -0.39 is 0 Å². The molecular weight excluding hydrogens is 288 g/mol. The Morgan fingerprint density at radius 1 is 1.13 bits per heavy atom. The van der Waals surface area contributed by atoms with Gasteiger partial charge in [0.25, 0.3) is 0 Å². The van der Waals surface area contributed by atoms with Crippen LogP contribution in [0.2, 0.25) is 0 Å². The highest BCUT2D eigenvalue weighted by molar-refractivity contribution is 5.80. The molecule has 2 unspecified atom stereocenters. The zero-order valence-corrected chi connectivity index (χ0v) is 13.3. The summed E-state index contributed by atoms with van der Waals surface area (Å²) < 4.78 is 5.20. The summed E-state index contributed by atoms with van der Waals surface area (Å²) in [5.41, 5.74) is 2.29. The number of nitrogens with one attached hydrogen (secondary N) is 2. The summed E-state index contributed by atoms with van der Waals surface area (Å²) in [4.78, 5) is 12.5. The Hall–Kier alpha value is -2.33. The van der Waals surface area contributed by atoms with E-state index in [0.717, 1.165) is 24.4 Å². The second-order valence-electron chi connectivity index (χ2n) is 5.85. The van der Waals surface area contributed by atoms with Crippen molar-refractivity contribution in [3.63, 3.8) is 0 Å². The van der Waals surface area contributed by atoms with Crippen LogP contribution in [0.4, 0.5) is 0 Å². The van der Waals surface area contributed by atoms with Crippen molar-refractivity contribution in [1.82, 2.24) is 10.6 Å². The first-order valence-corrected chi connectivity index (χ1v) is 7.94. The van der Waals surface area contributed by atoms with Crippen LogP contribution >= 0.6 is 0 Å². The van der Waals surface area contributed by atoms with Crippen LogP contribution in [0, 0.1) is 5.92 Å². The van der Waals surface area contributed by atoms with Crippen molar-refractivity contribution in [2.75, 3.05) is 20.2 Å². The highest BCUT2D eigenvalue weighted by atomic mass is 16.5. The smallest absolute Gasteiger partial charge is 0.225 e. The molecule has 0 saturated carbocycles. The Morgan fingerprint density at radius 3 is 2.57 bits per heavy atom. The van der Waals surface area contributed by atoms with Gasteiger partial charge in [0.1, 0.15) is 5.75 Å². The van der Waals surface area contributed by atoms with E-state index in [1.165, 1.54) is 5.56 Å². The maximum absolute atomic E-state index is 12.5. The molecule has 1 fully saturated rings. The molecule has 0 aromatic heterocycles. The molecule has 4 heteroatoms. The maximum atomic E-state index is 12.5. The third-order valence-corrected chi connectivity index (χ3v) is 4.40. The van der Waals surface area contributed by atoms with Crippen molar-refractivity contribution >= 4 is 5.91 Å². The zero-order chi connectivity index (χ0) is 16.1.